The zero-order valence-electron chi connectivity index (χ0n) is 9.58. The molecule has 1 aliphatic heterocycles. The third kappa shape index (κ3) is 2.88. The maximum atomic E-state index is 11.8. The first kappa shape index (κ1) is 13.5. The standard InChI is InChI=1S/C11H11ClN2O2S2/c1-6-5-18-9(8(6)12)11(16)14-13-10(15)7-3-2-4-17-7/h3,5H,2,4H2,1H3,(H,13,15)(H,14,16). The molecule has 0 aliphatic carbocycles. The maximum absolute atomic E-state index is 11.8. The van der Waals surface area contributed by atoms with E-state index in [0.717, 1.165) is 17.7 Å². The van der Waals surface area contributed by atoms with Gasteiger partial charge >= 0.3 is 0 Å². The van der Waals surface area contributed by atoms with Crippen LogP contribution in [0.3, 0.4) is 0 Å². The van der Waals surface area contributed by atoms with Crippen molar-refractivity contribution in [1.29, 1.82) is 0 Å². The predicted molar refractivity (Wildman–Crippen MR) is 74.8 cm³/mol. The molecule has 1 aromatic rings. The van der Waals surface area contributed by atoms with Crippen LogP contribution in [0.25, 0.3) is 0 Å². The van der Waals surface area contributed by atoms with Gasteiger partial charge in [0.1, 0.15) is 4.88 Å². The van der Waals surface area contributed by atoms with Gasteiger partial charge < -0.3 is 0 Å². The van der Waals surface area contributed by atoms with Crippen molar-refractivity contribution < 1.29 is 9.59 Å². The van der Waals surface area contributed by atoms with Crippen molar-refractivity contribution >= 4 is 46.5 Å². The quantitative estimate of drug-likeness (QED) is 0.825. The number of hydrogen-bond donors (Lipinski definition) is 2. The van der Waals surface area contributed by atoms with E-state index in [4.69, 9.17) is 11.6 Å². The van der Waals surface area contributed by atoms with Crippen molar-refractivity contribution in [3.05, 3.63) is 31.8 Å². The van der Waals surface area contributed by atoms with Crippen LogP contribution in [0.5, 0.6) is 0 Å². The van der Waals surface area contributed by atoms with E-state index in [9.17, 15) is 9.59 Å². The summed E-state index contributed by atoms with van der Waals surface area (Å²) in [6, 6.07) is 0. The van der Waals surface area contributed by atoms with Crippen LogP contribution in [-0.2, 0) is 4.79 Å². The third-order valence-electron chi connectivity index (χ3n) is 2.32. The summed E-state index contributed by atoms with van der Waals surface area (Å²) in [6.45, 7) is 1.83. The van der Waals surface area contributed by atoms with Crippen LogP contribution in [-0.4, -0.2) is 17.6 Å². The number of amides is 2. The lowest BCUT2D eigenvalue weighted by Crippen LogP contribution is -2.41. The predicted octanol–water partition coefficient (Wildman–Crippen LogP) is 2.49. The molecule has 1 aliphatic rings. The summed E-state index contributed by atoms with van der Waals surface area (Å²) in [4.78, 5) is 24.4. The van der Waals surface area contributed by atoms with E-state index >= 15 is 0 Å². The molecule has 0 radical (unpaired) electrons. The summed E-state index contributed by atoms with van der Waals surface area (Å²) in [5.41, 5.74) is 5.60. The Morgan fingerprint density at radius 3 is 2.61 bits per heavy atom. The van der Waals surface area contributed by atoms with Crippen molar-refractivity contribution in [2.24, 2.45) is 0 Å². The van der Waals surface area contributed by atoms with E-state index in [1.54, 1.807) is 5.38 Å². The first-order valence-electron chi connectivity index (χ1n) is 5.27. The smallest absolute Gasteiger partial charge is 0.267 e. The largest absolute Gasteiger partial charge is 0.281 e. The van der Waals surface area contributed by atoms with Gasteiger partial charge in [-0.2, -0.15) is 0 Å². The van der Waals surface area contributed by atoms with Crippen molar-refractivity contribution in [3.8, 4) is 0 Å². The molecule has 0 bridgehead atoms. The monoisotopic (exact) mass is 302 g/mol. The van der Waals surface area contributed by atoms with Crippen LogP contribution in [0.2, 0.25) is 5.02 Å². The zero-order valence-corrected chi connectivity index (χ0v) is 12.0. The van der Waals surface area contributed by atoms with Gasteiger partial charge in [-0.25, -0.2) is 0 Å². The Kier molecular flexibility index (Phi) is 4.31. The lowest BCUT2D eigenvalue weighted by Gasteiger charge is -2.06. The molecule has 2 amide bonds. The number of thiophene rings is 1. The summed E-state index contributed by atoms with van der Waals surface area (Å²) in [6.07, 6.45) is 2.74. The fourth-order valence-electron chi connectivity index (χ4n) is 1.39. The minimum atomic E-state index is -0.393. The van der Waals surface area contributed by atoms with Gasteiger partial charge in [0.15, 0.2) is 0 Å². The van der Waals surface area contributed by atoms with Gasteiger partial charge in [-0.3, -0.25) is 20.4 Å². The van der Waals surface area contributed by atoms with Crippen LogP contribution in [0.1, 0.15) is 21.7 Å². The Balaban J connectivity index is 1.92. The molecule has 7 heteroatoms. The summed E-state index contributed by atoms with van der Waals surface area (Å²) in [5, 5.41) is 2.23. The number of carbonyl (C=O) groups excluding carboxylic acids is 2. The summed E-state index contributed by atoms with van der Waals surface area (Å²) < 4.78 is 0. The SMILES string of the molecule is Cc1csc(C(=O)NNC(=O)C2=CCCS2)c1Cl. The molecule has 96 valence electrons. The zero-order chi connectivity index (χ0) is 13.1. The molecule has 1 aromatic heterocycles. The minimum absolute atomic E-state index is 0.282. The Labute approximate surface area is 118 Å². The molecule has 2 N–H and O–H groups in total. The molecular formula is C11H11ClN2O2S2. The number of halogens is 1. The van der Waals surface area contributed by atoms with E-state index < -0.39 is 5.91 Å². The number of rotatable bonds is 2. The number of thioether (sulfide) groups is 1. The lowest BCUT2D eigenvalue weighted by atomic mass is 10.3. The van der Waals surface area contributed by atoms with Crippen molar-refractivity contribution in [1.82, 2.24) is 10.9 Å². The lowest BCUT2D eigenvalue weighted by molar-refractivity contribution is -0.117. The van der Waals surface area contributed by atoms with E-state index in [1.165, 1.54) is 23.1 Å². The van der Waals surface area contributed by atoms with E-state index in [1.807, 2.05) is 13.0 Å². The van der Waals surface area contributed by atoms with Crippen LogP contribution in [0.4, 0.5) is 0 Å². The summed E-state index contributed by atoms with van der Waals surface area (Å²) in [5.74, 6) is 0.234. The highest BCUT2D eigenvalue weighted by atomic mass is 35.5. The summed E-state index contributed by atoms with van der Waals surface area (Å²) in [7, 11) is 0. The Morgan fingerprint density at radius 1 is 1.33 bits per heavy atom. The number of nitrogens with one attached hydrogen (secondary N) is 2. The van der Waals surface area contributed by atoms with Gasteiger partial charge in [-0.1, -0.05) is 17.7 Å². The number of hydrazine groups is 1. The van der Waals surface area contributed by atoms with Gasteiger partial charge in [0.25, 0.3) is 11.8 Å². The molecule has 18 heavy (non-hydrogen) atoms. The average Bonchev–Trinajstić information content (AvgIpc) is 2.98. The minimum Gasteiger partial charge on any atom is -0.267 e. The summed E-state index contributed by atoms with van der Waals surface area (Å²) >= 11 is 8.70. The molecule has 4 nitrogen and oxygen atoms in total. The van der Waals surface area contributed by atoms with Gasteiger partial charge in [0, 0.05) is 5.75 Å². The molecule has 2 heterocycles. The molecule has 0 saturated carbocycles. The van der Waals surface area contributed by atoms with Crippen LogP contribution in [0, 0.1) is 6.92 Å². The Hall–Kier alpha value is -0.980. The number of aryl methyl sites for hydroxylation is 1. The van der Waals surface area contributed by atoms with Crippen LogP contribution < -0.4 is 10.9 Å². The van der Waals surface area contributed by atoms with E-state index in [2.05, 4.69) is 10.9 Å². The number of carbonyl (C=O) groups is 2. The van der Waals surface area contributed by atoms with Gasteiger partial charge in [-0.05, 0) is 24.3 Å². The Bertz CT molecular complexity index is 525. The van der Waals surface area contributed by atoms with E-state index in [0.29, 0.717) is 14.8 Å². The second-order valence-electron chi connectivity index (χ2n) is 3.68. The first-order valence-corrected chi connectivity index (χ1v) is 7.51. The van der Waals surface area contributed by atoms with Crippen LogP contribution >= 0.6 is 34.7 Å². The highest BCUT2D eigenvalue weighted by Gasteiger charge is 2.17. The molecular weight excluding hydrogens is 292 g/mol. The fraction of sp³-hybridized carbons (Fsp3) is 0.273. The molecule has 0 unspecified atom stereocenters. The molecule has 0 fully saturated rings. The second-order valence-corrected chi connectivity index (χ2v) is 6.07. The van der Waals surface area contributed by atoms with E-state index in [-0.39, 0.29) is 5.91 Å². The third-order valence-corrected chi connectivity index (χ3v) is 5.12. The van der Waals surface area contributed by atoms with Gasteiger partial charge in [-0.15, -0.1) is 23.1 Å². The Morgan fingerprint density at radius 2 is 2.06 bits per heavy atom. The maximum Gasteiger partial charge on any atom is 0.281 e. The molecule has 0 atom stereocenters. The molecule has 0 saturated heterocycles. The van der Waals surface area contributed by atoms with Gasteiger partial charge in [0.2, 0.25) is 0 Å². The highest BCUT2D eigenvalue weighted by Crippen LogP contribution is 2.27. The first-order chi connectivity index (χ1) is 8.59. The number of allylic oxidation sites excluding steroid dienone is 1. The second kappa shape index (κ2) is 5.77. The average molecular weight is 303 g/mol. The highest BCUT2D eigenvalue weighted by molar-refractivity contribution is 8.04. The van der Waals surface area contributed by atoms with Crippen molar-refractivity contribution in [2.75, 3.05) is 5.75 Å². The van der Waals surface area contributed by atoms with Crippen molar-refractivity contribution in [2.45, 2.75) is 13.3 Å². The topological polar surface area (TPSA) is 58.2 Å². The van der Waals surface area contributed by atoms with Crippen molar-refractivity contribution in [3.63, 3.8) is 0 Å². The normalized spacial score (nSPS) is 14.2. The van der Waals surface area contributed by atoms with Gasteiger partial charge in [0.05, 0.1) is 9.93 Å². The fourth-order valence-corrected chi connectivity index (χ4v) is 3.44. The van der Waals surface area contributed by atoms with Crippen LogP contribution in [0.15, 0.2) is 16.4 Å². The molecule has 2 rings (SSSR count). The molecule has 0 spiro atoms. The molecule has 0 aromatic carbocycles. The number of hydrogen-bond acceptors (Lipinski definition) is 4.